The summed E-state index contributed by atoms with van der Waals surface area (Å²) in [6.45, 7) is 2.11. The maximum atomic E-state index is 12.1. The first-order valence-electron chi connectivity index (χ1n) is 7.71. The summed E-state index contributed by atoms with van der Waals surface area (Å²) in [6, 6.07) is 0. The van der Waals surface area contributed by atoms with Gasteiger partial charge in [-0.2, -0.15) is 0 Å². The molecule has 1 aromatic rings. The smallest absolute Gasteiger partial charge is 0.214 e. The van der Waals surface area contributed by atoms with Crippen molar-refractivity contribution in [1.82, 2.24) is 14.3 Å². The van der Waals surface area contributed by atoms with Crippen molar-refractivity contribution in [2.24, 2.45) is 5.92 Å². The van der Waals surface area contributed by atoms with Crippen LogP contribution in [0.15, 0.2) is 12.4 Å². The summed E-state index contributed by atoms with van der Waals surface area (Å²) in [5, 5.41) is 0. The Kier molecular flexibility index (Phi) is 4.61. The topological polar surface area (TPSA) is 73.2 Å². The molecule has 1 aromatic heterocycles. The van der Waals surface area contributed by atoms with E-state index in [1.54, 1.807) is 0 Å². The number of fused-ring (bicyclic) bond motifs is 1. The van der Waals surface area contributed by atoms with Crippen molar-refractivity contribution in [1.29, 1.82) is 0 Å². The summed E-state index contributed by atoms with van der Waals surface area (Å²) < 4.78 is 34.7. The molecule has 1 N–H and O–H groups in total. The first kappa shape index (κ1) is 15.0. The van der Waals surface area contributed by atoms with E-state index in [0.717, 1.165) is 44.5 Å². The zero-order valence-electron chi connectivity index (χ0n) is 12.2. The zero-order valence-corrected chi connectivity index (χ0v) is 13.0. The lowest BCUT2D eigenvalue weighted by Gasteiger charge is -2.25. The number of nitrogens with one attached hydrogen (secondary N) is 1. The Morgan fingerprint density at radius 2 is 2.29 bits per heavy atom. The zero-order chi connectivity index (χ0) is 14.7. The molecule has 0 spiro atoms. The number of ether oxygens (including phenoxy) is 1. The fraction of sp³-hybridized carbons (Fsp3) is 0.786. The third-order valence-electron chi connectivity index (χ3n) is 4.32. The van der Waals surface area contributed by atoms with E-state index in [2.05, 4.69) is 14.3 Å². The number of sulfonamides is 1. The van der Waals surface area contributed by atoms with E-state index in [1.807, 2.05) is 12.4 Å². The summed E-state index contributed by atoms with van der Waals surface area (Å²) in [5.74, 6) is 1.48. The van der Waals surface area contributed by atoms with Crippen molar-refractivity contribution in [3.63, 3.8) is 0 Å². The Bertz CT molecular complexity index is 564. The first-order chi connectivity index (χ1) is 10.1. The number of aryl methyl sites for hydroxylation is 1. The molecule has 2 aliphatic rings. The molecule has 0 unspecified atom stereocenters. The van der Waals surface area contributed by atoms with Crippen molar-refractivity contribution in [2.75, 3.05) is 18.9 Å². The molecule has 1 saturated heterocycles. The van der Waals surface area contributed by atoms with Crippen LogP contribution >= 0.6 is 0 Å². The minimum Gasteiger partial charge on any atom is -0.377 e. The lowest BCUT2D eigenvalue weighted by Crippen LogP contribution is -2.38. The molecule has 0 radical (unpaired) electrons. The molecule has 1 fully saturated rings. The third kappa shape index (κ3) is 4.05. The summed E-state index contributed by atoms with van der Waals surface area (Å²) in [5.41, 5.74) is 0. The molecule has 3 rings (SSSR count). The van der Waals surface area contributed by atoms with Gasteiger partial charge in [0.2, 0.25) is 10.0 Å². The molecular formula is C14H23N3O3S. The van der Waals surface area contributed by atoms with Crippen LogP contribution in [-0.2, 0) is 27.7 Å². The van der Waals surface area contributed by atoms with Gasteiger partial charge in [-0.15, -0.1) is 0 Å². The van der Waals surface area contributed by atoms with Gasteiger partial charge in [0.1, 0.15) is 5.82 Å². The van der Waals surface area contributed by atoms with Gasteiger partial charge < -0.3 is 9.30 Å². The van der Waals surface area contributed by atoms with E-state index in [9.17, 15) is 8.42 Å². The van der Waals surface area contributed by atoms with Crippen molar-refractivity contribution in [2.45, 2.75) is 44.8 Å². The highest BCUT2D eigenvalue weighted by Gasteiger charge is 2.24. The normalized spacial score (nSPS) is 26.5. The quantitative estimate of drug-likeness (QED) is 0.878. The van der Waals surface area contributed by atoms with Crippen LogP contribution in [0.25, 0.3) is 0 Å². The van der Waals surface area contributed by atoms with Crippen LogP contribution in [0, 0.1) is 5.92 Å². The van der Waals surface area contributed by atoms with Gasteiger partial charge in [0.25, 0.3) is 0 Å². The maximum Gasteiger partial charge on any atom is 0.214 e. The third-order valence-corrected chi connectivity index (χ3v) is 5.74. The fourth-order valence-electron chi connectivity index (χ4n) is 3.08. The van der Waals surface area contributed by atoms with Crippen LogP contribution in [0.1, 0.15) is 31.5 Å². The molecule has 6 nitrogen and oxygen atoms in total. The second-order valence-electron chi connectivity index (χ2n) is 6.01. The summed E-state index contributed by atoms with van der Waals surface area (Å²) >= 11 is 0. The van der Waals surface area contributed by atoms with Crippen molar-refractivity contribution in [3.8, 4) is 0 Å². The fourth-order valence-corrected chi connectivity index (χ4v) is 4.44. The summed E-state index contributed by atoms with van der Waals surface area (Å²) in [6.07, 6.45) is 8.44. The molecule has 0 bridgehead atoms. The molecule has 2 aliphatic heterocycles. The Morgan fingerprint density at radius 3 is 3.10 bits per heavy atom. The molecule has 21 heavy (non-hydrogen) atoms. The Labute approximate surface area is 125 Å². The Morgan fingerprint density at radius 1 is 1.38 bits per heavy atom. The van der Waals surface area contributed by atoms with Crippen LogP contribution in [0.5, 0.6) is 0 Å². The average Bonchev–Trinajstić information content (AvgIpc) is 2.93. The first-order valence-corrected chi connectivity index (χ1v) is 9.36. The van der Waals surface area contributed by atoms with E-state index in [4.69, 9.17) is 4.74 Å². The molecule has 7 heteroatoms. The van der Waals surface area contributed by atoms with Crippen LogP contribution < -0.4 is 4.72 Å². The van der Waals surface area contributed by atoms with E-state index in [1.165, 1.54) is 0 Å². The largest absolute Gasteiger partial charge is 0.377 e. The number of hydrogen-bond acceptors (Lipinski definition) is 4. The number of imidazole rings is 1. The lowest BCUT2D eigenvalue weighted by atomic mass is 9.98. The SMILES string of the molecule is O=S(=O)(C[C@H]1CCCCO1)NC[C@@H]1CCn2ccnc2C1. The highest BCUT2D eigenvalue weighted by molar-refractivity contribution is 7.89. The summed E-state index contributed by atoms with van der Waals surface area (Å²) in [7, 11) is -3.25. The lowest BCUT2D eigenvalue weighted by molar-refractivity contribution is 0.0304. The van der Waals surface area contributed by atoms with Crippen LogP contribution in [0.4, 0.5) is 0 Å². The van der Waals surface area contributed by atoms with Gasteiger partial charge >= 0.3 is 0 Å². The van der Waals surface area contributed by atoms with Gasteiger partial charge in [0.05, 0.1) is 11.9 Å². The van der Waals surface area contributed by atoms with Crippen LogP contribution in [0.2, 0.25) is 0 Å². The highest BCUT2D eigenvalue weighted by Crippen LogP contribution is 2.19. The molecule has 0 amide bonds. The van der Waals surface area contributed by atoms with Gasteiger partial charge in [-0.25, -0.2) is 18.1 Å². The average molecular weight is 313 g/mol. The minimum atomic E-state index is -3.25. The predicted molar refractivity (Wildman–Crippen MR) is 79.4 cm³/mol. The van der Waals surface area contributed by atoms with Crippen LogP contribution in [0.3, 0.4) is 0 Å². The molecule has 3 heterocycles. The maximum absolute atomic E-state index is 12.1. The molecular weight excluding hydrogens is 290 g/mol. The molecule has 0 aromatic carbocycles. The van der Waals surface area contributed by atoms with Crippen molar-refractivity contribution < 1.29 is 13.2 Å². The van der Waals surface area contributed by atoms with E-state index >= 15 is 0 Å². The molecule has 2 atom stereocenters. The predicted octanol–water partition coefficient (Wildman–Crippen LogP) is 0.934. The number of rotatable bonds is 5. The number of aromatic nitrogens is 2. The molecule has 118 valence electrons. The Hall–Kier alpha value is -0.920. The number of hydrogen-bond donors (Lipinski definition) is 1. The Balaban J connectivity index is 1.48. The highest BCUT2D eigenvalue weighted by atomic mass is 32.2. The summed E-state index contributed by atoms with van der Waals surface area (Å²) in [4.78, 5) is 4.31. The molecule has 0 saturated carbocycles. The van der Waals surface area contributed by atoms with Crippen LogP contribution in [-0.4, -0.2) is 43.0 Å². The van der Waals surface area contributed by atoms with Gasteiger partial charge in [0, 0.05) is 38.5 Å². The minimum absolute atomic E-state index is 0.0916. The van der Waals surface area contributed by atoms with Gasteiger partial charge in [-0.05, 0) is 31.6 Å². The second-order valence-corrected chi connectivity index (χ2v) is 7.87. The van der Waals surface area contributed by atoms with E-state index in [0.29, 0.717) is 19.1 Å². The van der Waals surface area contributed by atoms with Gasteiger partial charge in [-0.1, -0.05) is 0 Å². The van der Waals surface area contributed by atoms with E-state index in [-0.39, 0.29) is 11.9 Å². The monoisotopic (exact) mass is 313 g/mol. The van der Waals surface area contributed by atoms with Crippen molar-refractivity contribution >= 4 is 10.0 Å². The van der Waals surface area contributed by atoms with Gasteiger partial charge in [-0.3, -0.25) is 0 Å². The molecule has 0 aliphatic carbocycles. The van der Waals surface area contributed by atoms with E-state index < -0.39 is 10.0 Å². The standard InChI is InChI=1S/C14H23N3O3S/c18-21(19,11-13-3-1-2-8-20-13)16-10-12-4-6-17-7-5-15-14(17)9-12/h5,7,12-13,16H,1-4,6,8-11H2/t12-,13-/m1/s1. The number of nitrogens with zero attached hydrogens (tertiary/aromatic N) is 2. The van der Waals surface area contributed by atoms with Gasteiger partial charge in [0.15, 0.2) is 0 Å². The second kappa shape index (κ2) is 6.46. The van der Waals surface area contributed by atoms with Crippen molar-refractivity contribution in [3.05, 3.63) is 18.2 Å².